The molecule has 4 aromatic rings. The van der Waals surface area contributed by atoms with Crippen LogP contribution in [0.4, 0.5) is 5.95 Å². The minimum atomic E-state index is 0.486. The van der Waals surface area contributed by atoms with E-state index in [2.05, 4.69) is 51.4 Å². The summed E-state index contributed by atoms with van der Waals surface area (Å²) in [7, 11) is 0. The minimum Gasteiger partial charge on any atom is -0.489 e. The third-order valence-corrected chi connectivity index (χ3v) is 5.74. The Morgan fingerprint density at radius 1 is 0.967 bits per heavy atom. The first kappa shape index (κ1) is 18.7. The van der Waals surface area contributed by atoms with Crippen LogP contribution in [0.25, 0.3) is 16.7 Å². The molecule has 0 radical (unpaired) electrons. The molecule has 0 amide bonds. The molecule has 0 atom stereocenters. The van der Waals surface area contributed by atoms with Gasteiger partial charge in [-0.15, -0.1) is 0 Å². The van der Waals surface area contributed by atoms with E-state index in [9.17, 15) is 0 Å². The number of ether oxygens (including phenoxy) is 1. The molecule has 1 fully saturated rings. The Morgan fingerprint density at radius 3 is 2.70 bits per heavy atom. The fourth-order valence-electron chi connectivity index (χ4n) is 4.13. The Kier molecular flexibility index (Phi) is 5.34. The van der Waals surface area contributed by atoms with Crippen LogP contribution in [0.5, 0.6) is 5.75 Å². The van der Waals surface area contributed by atoms with Gasteiger partial charge in [-0.2, -0.15) is 4.98 Å². The van der Waals surface area contributed by atoms with Crippen molar-refractivity contribution >= 4 is 16.9 Å². The van der Waals surface area contributed by atoms with Gasteiger partial charge in [0, 0.05) is 23.8 Å². The van der Waals surface area contributed by atoms with E-state index in [1.54, 1.807) is 0 Å². The molecule has 5 nitrogen and oxygen atoms in total. The van der Waals surface area contributed by atoms with Crippen molar-refractivity contribution < 1.29 is 4.74 Å². The molecule has 1 aliphatic carbocycles. The predicted molar refractivity (Wildman–Crippen MR) is 120 cm³/mol. The summed E-state index contributed by atoms with van der Waals surface area (Å²) in [6.45, 7) is 0.565. The maximum atomic E-state index is 5.97. The Hall–Kier alpha value is -3.34. The lowest BCUT2D eigenvalue weighted by atomic mass is 9.96. The number of nitrogens with zero attached hydrogens (tertiary/aromatic N) is 3. The summed E-state index contributed by atoms with van der Waals surface area (Å²) in [5.41, 5.74) is 2.26. The van der Waals surface area contributed by atoms with Crippen molar-refractivity contribution in [2.45, 2.75) is 44.8 Å². The maximum absolute atomic E-state index is 5.97. The third-order valence-electron chi connectivity index (χ3n) is 5.74. The van der Waals surface area contributed by atoms with Crippen LogP contribution in [0.3, 0.4) is 0 Å². The number of nitrogens with one attached hydrogen (secondary N) is 1. The number of rotatable bonds is 6. The Bertz CT molecular complexity index is 1120. The quantitative estimate of drug-likeness (QED) is 0.450. The van der Waals surface area contributed by atoms with Crippen LogP contribution in [0.2, 0.25) is 0 Å². The van der Waals surface area contributed by atoms with Gasteiger partial charge in [-0.3, -0.25) is 0 Å². The number of hydrogen-bond donors (Lipinski definition) is 1. The minimum absolute atomic E-state index is 0.486. The van der Waals surface area contributed by atoms with Crippen molar-refractivity contribution in [2.24, 2.45) is 0 Å². The molecule has 2 aromatic heterocycles. The molecule has 5 heteroatoms. The molecule has 0 bridgehead atoms. The molecule has 152 valence electrons. The molecule has 0 spiro atoms. The molecule has 0 unspecified atom stereocenters. The number of anilines is 1. The molecule has 0 saturated heterocycles. The van der Waals surface area contributed by atoms with Gasteiger partial charge in [0.05, 0.1) is 5.52 Å². The molecule has 2 aromatic carbocycles. The SMILES string of the molecule is c1ccc(COc2ccc3c(ccn3-c3ccnc(NC4CCCCC4)n3)c2)cc1. The van der Waals surface area contributed by atoms with Crippen LogP contribution in [0, 0.1) is 0 Å². The van der Waals surface area contributed by atoms with Crippen LogP contribution >= 0.6 is 0 Å². The summed E-state index contributed by atoms with van der Waals surface area (Å²) < 4.78 is 8.08. The molecular formula is C25H26N4O. The van der Waals surface area contributed by atoms with Crippen molar-refractivity contribution in [3.8, 4) is 11.6 Å². The van der Waals surface area contributed by atoms with Gasteiger partial charge >= 0.3 is 0 Å². The zero-order valence-electron chi connectivity index (χ0n) is 17.0. The molecule has 0 aliphatic heterocycles. The molecule has 1 aliphatic rings. The summed E-state index contributed by atoms with van der Waals surface area (Å²) in [4.78, 5) is 9.20. The van der Waals surface area contributed by atoms with Crippen molar-refractivity contribution in [1.82, 2.24) is 14.5 Å². The van der Waals surface area contributed by atoms with E-state index in [1.165, 1.54) is 32.1 Å². The molecular weight excluding hydrogens is 372 g/mol. The molecule has 5 rings (SSSR count). The van der Waals surface area contributed by atoms with Crippen LogP contribution in [-0.2, 0) is 6.61 Å². The first-order chi connectivity index (χ1) is 14.8. The highest BCUT2D eigenvalue weighted by atomic mass is 16.5. The summed E-state index contributed by atoms with van der Waals surface area (Å²) in [5, 5.41) is 4.64. The van der Waals surface area contributed by atoms with Crippen LogP contribution in [0.1, 0.15) is 37.7 Å². The predicted octanol–water partition coefficient (Wildman–Crippen LogP) is 5.74. The lowest BCUT2D eigenvalue weighted by molar-refractivity contribution is 0.306. The molecule has 1 N–H and O–H groups in total. The number of fused-ring (bicyclic) bond motifs is 1. The zero-order chi connectivity index (χ0) is 20.2. The van der Waals surface area contributed by atoms with Gasteiger partial charge in [0.25, 0.3) is 0 Å². The maximum Gasteiger partial charge on any atom is 0.224 e. The Morgan fingerprint density at radius 2 is 1.83 bits per heavy atom. The highest BCUT2D eigenvalue weighted by molar-refractivity contribution is 5.83. The fraction of sp³-hybridized carbons (Fsp3) is 0.280. The van der Waals surface area contributed by atoms with Crippen molar-refractivity contribution in [3.63, 3.8) is 0 Å². The first-order valence-corrected chi connectivity index (χ1v) is 10.7. The summed E-state index contributed by atoms with van der Waals surface area (Å²) in [6.07, 6.45) is 10.2. The third kappa shape index (κ3) is 4.15. The fourth-order valence-corrected chi connectivity index (χ4v) is 4.13. The number of aromatic nitrogens is 3. The van der Waals surface area contributed by atoms with Gasteiger partial charge in [-0.05, 0) is 48.7 Å². The number of hydrogen-bond acceptors (Lipinski definition) is 4. The van der Waals surface area contributed by atoms with Gasteiger partial charge in [-0.25, -0.2) is 4.98 Å². The standard InChI is InChI=1S/C25H26N4O/c1-3-7-19(8-4-1)18-30-22-11-12-23-20(17-22)14-16-29(23)24-13-15-26-25(28-24)27-21-9-5-2-6-10-21/h1,3-4,7-8,11-17,21H,2,5-6,9-10,18H2,(H,26,27,28). The van der Waals surface area contributed by atoms with Gasteiger partial charge in [0.1, 0.15) is 18.2 Å². The van der Waals surface area contributed by atoms with E-state index in [-0.39, 0.29) is 0 Å². The summed E-state index contributed by atoms with van der Waals surface area (Å²) >= 11 is 0. The molecule has 30 heavy (non-hydrogen) atoms. The average Bonchev–Trinajstić information content (AvgIpc) is 3.23. The second-order valence-electron chi connectivity index (χ2n) is 7.90. The number of benzene rings is 2. The zero-order valence-corrected chi connectivity index (χ0v) is 17.0. The smallest absolute Gasteiger partial charge is 0.224 e. The lowest BCUT2D eigenvalue weighted by Crippen LogP contribution is -2.23. The Balaban J connectivity index is 1.34. The van der Waals surface area contributed by atoms with Crippen molar-refractivity contribution in [1.29, 1.82) is 0 Å². The van der Waals surface area contributed by atoms with Crippen molar-refractivity contribution in [3.05, 3.63) is 78.6 Å². The summed E-state index contributed by atoms with van der Waals surface area (Å²) in [5.74, 6) is 2.45. The summed E-state index contributed by atoms with van der Waals surface area (Å²) in [6, 6.07) is 20.9. The molecule has 2 heterocycles. The highest BCUT2D eigenvalue weighted by Crippen LogP contribution is 2.25. The van der Waals surface area contributed by atoms with Gasteiger partial charge in [0.2, 0.25) is 5.95 Å². The van der Waals surface area contributed by atoms with Gasteiger partial charge < -0.3 is 14.6 Å². The van der Waals surface area contributed by atoms with Crippen LogP contribution in [-0.4, -0.2) is 20.6 Å². The average molecular weight is 399 g/mol. The first-order valence-electron chi connectivity index (χ1n) is 10.7. The van der Waals surface area contributed by atoms with E-state index in [0.717, 1.165) is 28.0 Å². The topological polar surface area (TPSA) is 52.0 Å². The van der Waals surface area contributed by atoms with Gasteiger partial charge in [0.15, 0.2) is 0 Å². The van der Waals surface area contributed by atoms with Gasteiger partial charge in [-0.1, -0.05) is 49.6 Å². The normalized spacial score (nSPS) is 14.7. The van der Waals surface area contributed by atoms with E-state index in [4.69, 9.17) is 9.72 Å². The van der Waals surface area contributed by atoms with E-state index < -0.39 is 0 Å². The monoisotopic (exact) mass is 398 g/mol. The second-order valence-corrected chi connectivity index (χ2v) is 7.90. The second kappa shape index (κ2) is 8.57. The Labute approximate surface area is 176 Å². The van der Waals surface area contributed by atoms with E-state index >= 15 is 0 Å². The largest absolute Gasteiger partial charge is 0.489 e. The lowest BCUT2D eigenvalue weighted by Gasteiger charge is -2.22. The van der Waals surface area contributed by atoms with E-state index in [1.807, 2.05) is 36.5 Å². The van der Waals surface area contributed by atoms with Crippen molar-refractivity contribution in [2.75, 3.05) is 5.32 Å². The van der Waals surface area contributed by atoms with Crippen LogP contribution < -0.4 is 10.1 Å². The van der Waals surface area contributed by atoms with E-state index in [0.29, 0.717) is 18.6 Å². The molecule has 1 saturated carbocycles. The highest BCUT2D eigenvalue weighted by Gasteiger charge is 2.14. The van der Waals surface area contributed by atoms with Crippen LogP contribution in [0.15, 0.2) is 73.1 Å².